The lowest BCUT2D eigenvalue weighted by Crippen LogP contribution is -2.61. The molecule has 3 aliphatic heterocycles. The number of halogens is 1. The molecule has 2 aromatic rings. The van der Waals surface area contributed by atoms with Gasteiger partial charge in [-0.2, -0.15) is 5.10 Å². The molecule has 13 atom stereocenters. The molecular weight excluding hydrogens is 743 g/mol. The number of fused-ring (bicyclic) bond motifs is 1. The zero-order valence-corrected chi connectivity index (χ0v) is 34.6. The maximum absolute atomic E-state index is 16.8. The number of carbonyl (C=O) groups excluding carboxylic acids is 3. The fraction of sp³-hybridized carbons (Fsp3) is 0.769. The predicted octanol–water partition coefficient (Wildman–Crippen LogP) is 2.98. The van der Waals surface area contributed by atoms with E-state index in [0.717, 1.165) is 6.92 Å². The standard InChI is InChI=1S/C39H61FN8O9/c1-10-29-39(8)31(48(36(52)57-39)17-12-11-16-47-21-28(45-46-47)27-14-13-15-43-44-27)25(5)42-20-22(2)19-37(6,53-9)33(24(4)32(50)38(7,40)35(51)55-29)56-34-30(49)26(41)18-23(3)54-34/h13-15,21-26,29-31,33-34,42,49H,10-12,16-20,41H2,1-9H3/t22-,23-,24-,25-,26?,29-,30?,31-,33-,34+,37-,38?,39-/m1/s1. The molecule has 5 rings (SSSR count). The van der Waals surface area contributed by atoms with Gasteiger partial charge in [0.05, 0.1) is 30.0 Å². The second-order valence-electron chi connectivity index (χ2n) is 16.6. The fourth-order valence-electron chi connectivity index (χ4n) is 8.73. The lowest BCUT2D eigenvalue weighted by molar-refractivity contribution is -0.288. The third-order valence-electron chi connectivity index (χ3n) is 11.9. The first-order chi connectivity index (χ1) is 26.9. The minimum Gasteiger partial charge on any atom is -0.455 e. The van der Waals surface area contributed by atoms with E-state index in [2.05, 4.69) is 25.8 Å². The molecule has 1 amide bonds. The highest BCUT2D eigenvalue weighted by molar-refractivity contribution is 6.07. The molecule has 4 N–H and O–H groups in total. The van der Waals surface area contributed by atoms with E-state index in [9.17, 15) is 19.5 Å². The molecule has 5 heterocycles. The minimum atomic E-state index is -3.14. The van der Waals surface area contributed by atoms with Crippen molar-refractivity contribution in [3.8, 4) is 11.4 Å². The Kier molecular flexibility index (Phi) is 14.1. The van der Waals surface area contributed by atoms with E-state index in [0.29, 0.717) is 56.7 Å². The Morgan fingerprint density at radius 1 is 1.09 bits per heavy atom. The molecular formula is C39H61FN8O9. The average molecular weight is 805 g/mol. The molecule has 0 saturated carbocycles. The Balaban J connectivity index is 1.40. The lowest BCUT2D eigenvalue weighted by Gasteiger charge is -2.45. The van der Waals surface area contributed by atoms with Gasteiger partial charge in [-0.3, -0.25) is 14.4 Å². The molecule has 2 aromatic heterocycles. The molecule has 3 unspecified atom stereocenters. The topological polar surface area (TPSA) is 215 Å². The summed E-state index contributed by atoms with van der Waals surface area (Å²) < 4.78 is 48.9. The summed E-state index contributed by atoms with van der Waals surface area (Å²) in [6, 6.07) is 1.85. The number of aromatic nitrogens is 5. The van der Waals surface area contributed by atoms with Crippen molar-refractivity contribution in [2.24, 2.45) is 17.6 Å². The van der Waals surface area contributed by atoms with E-state index in [1.165, 1.54) is 14.0 Å². The van der Waals surface area contributed by atoms with Crippen LogP contribution < -0.4 is 11.1 Å². The van der Waals surface area contributed by atoms with Crippen LogP contribution >= 0.6 is 0 Å². The maximum Gasteiger partial charge on any atom is 0.410 e. The summed E-state index contributed by atoms with van der Waals surface area (Å²) in [7, 11) is 1.47. The molecule has 318 valence electrons. The van der Waals surface area contributed by atoms with Crippen molar-refractivity contribution < 1.29 is 47.6 Å². The zero-order valence-electron chi connectivity index (χ0n) is 34.6. The first-order valence-electron chi connectivity index (χ1n) is 20.0. The van der Waals surface area contributed by atoms with Gasteiger partial charge in [0.2, 0.25) is 0 Å². The average Bonchev–Trinajstić information content (AvgIpc) is 3.75. The van der Waals surface area contributed by atoms with Crippen LogP contribution in [0.2, 0.25) is 0 Å². The fourth-order valence-corrected chi connectivity index (χ4v) is 8.73. The van der Waals surface area contributed by atoms with E-state index in [1.807, 2.05) is 13.8 Å². The van der Waals surface area contributed by atoms with Crippen molar-refractivity contribution in [2.45, 2.75) is 160 Å². The molecule has 0 radical (unpaired) electrons. The van der Waals surface area contributed by atoms with Crippen LogP contribution in [0.15, 0.2) is 24.5 Å². The van der Waals surface area contributed by atoms with E-state index in [4.69, 9.17) is 29.4 Å². The van der Waals surface area contributed by atoms with Gasteiger partial charge in [-0.15, -0.1) is 10.2 Å². The number of rotatable bonds is 10. The molecule has 0 bridgehead atoms. The molecule has 3 saturated heterocycles. The third kappa shape index (κ3) is 9.46. The normalized spacial score (nSPS) is 38.5. The van der Waals surface area contributed by atoms with Gasteiger partial charge in [0.1, 0.15) is 23.6 Å². The molecule has 3 aliphatic rings. The van der Waals surface area contributed by atoms with E-state index < -0.39 is 83.4 Å². The zero-order chi connectivity index (χ0) is 41.9. The Hall–Kier alpha value is -3.68. The first-order valence-corrected chi connectivity index (χ1v) is 20.0. The number of aliphatic hydroxyl groups excluding tert-OH is 1. The number of amides is 1. The minimum absolute atomic E-state index is 0.127. The van der Waals surface area contributed by atoms with Crippen LogP contribution in [-0.2, 0) is 39.8 Å². The number of Topliss-reactive ketones (excluding diaryl/α,β-unsaturated/α-hetero) is 1. The van der Waals surface area contributed by atoms with Crippen molar-refractivity contribution in [3.05, 3.63) is 24.5 Å². The van der Waals surface area contributed by atoms with Gasteiger partial charge in [-0.05, 0) is 91.3 Å². The van der Waals surface area contributed by atoms with E-state index in [-0.39, 0.29) is 18.4 Å². The summed E-state index contributed by atoms with van der Waals surface area (Å²) in [5, 5.41) is 30.9. The molecule has 17 nitrogen and oxygen atoms in total. The van der Waals surface area contributed by atoms with Crippen LogP contribution in [0.25, 0.3) is 11.4 Å². The van der Waals surface area contributed by atoms with E-state index >= 15 is 4.39 Å². The van der Waals surface area contributed by atoms with Gasteiger partial charge in [0, 0.05) is 44.4 Å². The Morgan fingerprint density at radius 3 is 2.47 bits per heavy atom. The Bertz CT molecular complexity index is 1690. The molecule has 18 heteroatoms. The molecule has 0 aliphatic carbocycles. The van der Waals surface area contributed by atoms with Crippen LogP contribution in [0, 0.1) is 11.8 Å². The van der Waals surface area contributed by atoms with Crippen LogP contribution in [0.1, 0.15) is 87.5 Å². The number of nitrogens with zero attached hydrogens (tertiary/aromatic N) is 6. The largest absolute Gasteiger partial charge is 0.455 e. The molecule has 0 aromatic carbocycles. The second kappa shape index (κ2) is 18.1. The molecule has 3 fully saturated rings. The van der Waals surface area contributed by atoms with Crippen LogP contribution in [-0.4, -0.2) is 139 Å². The highest BCUT2D eigenvalue weighted by Gasteiger charge is 2.60. The van der Waals surface area contributed by atoms with Crippen LogP contribution in [0.3, 0.4) is 0 Å². The number of cyclic esters (lactones) is 1. The summed E-state index contributed by atoms with van der Waals surface area (Å²) >= 11 is 0. The summed E-state index contributed by atoms with van der Waals surface area (Å²) in [4.78, 5) is 43.4. The van der Waals surface area contributed by atoms with Gasteiger partial charge in [0.15, 0.2) is 17.7 Å². The quantitative estimate of drug-likeness (QED) is 0.179. The monoisotopic (exact) mass is 804 g/mol. The number of ether oxygens (including phenoxy) is 5. The van der Waals surface area contributed by atoms with Crippen LogP contribution in [0.5, 0.6) is 0 Å². The number of aliphatic hydroxyl groups is 1. The predicted molar refractivity (Wildman–Crippen MR) is 204 cm³/mol. The van der Waals surface area contributed by atoms with E-state index in [1.54, 1.807) is 61.8 Å². The van der Waals surface area contributed by atoms with Gasteiger partial charge < -0.3 is 39.8 Å². The van der Waals surface area contributed by atoms with Gasteiger partial charge in [0.25, 0.3) is 5.67 Å². The number of hydrogen-bond acceptors (Lipinski definition) is 15. The van der Waals surface area contributed by atoms with Crippen LogP contribution in [0.4, 0.5) is 9.18 Å². The van der Waals surface area contributed by atoms with Crippen molar-refractivity contribution in [1.29, 1.82) is 0 Å². The van der Waals surface area contributed by atoms with Crippen molar-refractivity contribution >= 4 is 17.8 Å². The SMILES string of the molecule is CC[C@H]1OC(=O)C(C)(F)C(=O)[C@@H](C)[C@@H](O[C@@H]2O[C@H](C)CC(N)C2O)[C@](C)(OC)C[C@@H](C)CN[C@H](C)[C@H]2N(CCCCn3cc(-c4cccnn4)nn3)C(=O)O[C@]12C. The summed E-state index contributed by atoms with van der Waals surface area (Å²) in [6.07, 6.45) is -0.287. The van der Waals surface area contributed by atoms with Crippen molar-refractivity contribution in [2.75, 3.05) is 20.2 Å². The summed E-state index contributed by atoms with van der Waals surface area (Å²) in [6.45, 7) is 14.5. The number of carbonyl (C=O) groups is 3. The Morgan fingerprint density at radius 2 is 1.81 bits per heavy atom. The number of methoxy groups -OCH3 is 1. The number of esters is 1. The number of hydrogen-bond donors (Lipinski definition) is 3. The number of ketones is 1. The van der Waals surface area contributed by atoms with Gasteiger partial charge in [-0.1, -0.05) is 26.0 Å². The second-order valence-corrected chi connectivity index (χ2v) is 16.6. The molecule has 0 spiro atoms. The van der Waals surface area contributed by atoms with Crippen molar-refractivity contribution in [3.63, 3.8) is 0 Å². The Labute approximate surface area is 333 Å². The smallest absolute Gasteiger partial charge is 0.410 e. The van der Waals surface area contributed by atoms with Gasteiger partial charge in [-0.25, -0.2) is 14.0 Å². The maximum atomic E-state index is 16.8. The number of unbranched alkanes of at least 4 members (excludes halogenated alkanes) is 1. The number of nitrogens with one attached hydrogen (secondary N) is 1. The number of alkyl halides is 1. The third-order valence-corrected chi connectivity index (χ3v) is 11.9. The summed E-state index contributed by atoms with van der Waals surface area (Å²) in [5.74, 6) is -3.93. The van der Waals surface area contributed by atoms with Gasteiger partial charge >= 0.3 is 12.1 Å². The summed E-state index contributed by atoms with van der Waals surface area (Å²) in [5.41, 5.74) is 1.59. The van der Waals surface area contributed by atoms with Crippen molar-refractivity contribution in [1.82, 2.24) is 35.4 Å². The molecule has 57 heavy (non-hydrogen) atoms. The highest BCUT2D eigenvalue weighted by atomic mass is 19.1. The highest BCUT2D eigenvalue weighted by Crippen LogP contribution is 2.41. The number of nitrogens with two attached hydrogens (primary N) is 1. The first kappa shape index (κ1) is 44.4. The number of aryl methyl sites for hydroxylation is 1. The lowest BCUT2D eigenvalue weighted by atomic mass is 9.78.